The number of carbonyl (C=O) groups is 1. The Morgan fingerprint density at radius 1 is 0.931 bits per heavy atom. The van der Waals surface area contributed by atoms with Crippen LogP contribution in [0.15, 0.2) is 49.2 Å². The van der Waals surface area contributed by atoms with Gasteiger partial charge in [-0.3, -0.25) is 4.79 Å². The number of benzene rings is 1. The van der Waals surface area contributed by atoms with Crippen LogP contribution in [-0.4, -0.2) is 80.6 Å². The molecule has 3 aromatic heterocycles. The Bertz CT molecular complexity index is 2000. The lowest BCUT2D eigenvalue weighted by Gasteiger charge is -2.32. The number of piperidine rings is 1. The second kappa shape index (κ2) is 17.3. The average Bonchev–Trinajstić information content (AvgIpc) is 3.89. The molecule has 3 aliphatic rings. The van der Waals surface area contributed by atoms with Crippen LogP contribution in [0.25, 0.3) is 11.1 Å². The highest BCUT2D eigenvalue weighted by Crippen LogP contribution is 2.39. The average molecular weight is 836 g/mol. The molecule has 19 heteroatoms. The highest BCUT2D eigenvalue weighted by atomic mass is 35.5. The van der Waals surface area contributed by atoms with Gasteiger partial charge in [-0.2, -0.15) is 36.4 Å². The zero-order valence-electron chi connectivity index (χ0n) is 32.0. The summed E-state index contributed by atoms with van der Waals surface area (Å²) in [7, 11) is 0. The SMILES string of the molecule is CCOC(=O)C1CCN(c2ncc(Cl)c(N3CC(N(Cc4cc(C(F)(F)F)cc(C(F)(F)F)c4)c4ncc(-c5cnn(C6CCCCO6)c5)cn4)CC3CC)n2)CC1. The number of esters is 1. The first-order valence-electron chi connectivity index (χ1n) is 19.5. The summed E-state index contributed by atoms with van der Waals surface area (Å²) in [4.78, 5) is 36.5. The molecule has 58 heavy (non-hydrogen) atoms. The van der Waals surface area contributed by atoms with E-state index in [2.05, 4.69) is 20.1 Å². The standard InChI is InChI=1S/C39H44ClF6N9O3/c1-3-30-16-31(23-53(30)34-32(40)20-49-37(51-34)52-10-8-25(9-11-52)35(56)57-4-2)54(21-24-13-28(38(41,42)43)15-29(14-24)39(44,45)46)36-47-17-26(18-48-36)27-19-50-55(22-27)33-7-5-6-12-58-33/h13-15,17-20,22,25,30-31,33H,3-12,16,21,23H2,1-2H3. The van der Waals surface area contributed by atoms with Gasteiger partial charge in [-0.1, -0.05) is 18.5 Å². The molecule has 12 nitrogen and oxygen atoms in total. The molecule has 0 spiro atoms. The predicted octanol–water partition coefficient (Wildman–Crippen LogP) is 8.36. The Hall–Kier alpha value is -4.71. The van der Waals surface area contributed by atoms with E-state index in [9.17, 15) is 31.1 Å². The summed E-state index contributed by atoms with van der Waals surface area (Å²) in [5.74, 6) is 0.558. The van der Waals surface area contributed by atoms with Gasteiger partial charge in [0.15, 0.2) is 5.82 Å². The number of anilines is 3. The van der Waals surface area contributed by atoms with Crippen molar-refractivity contribution >= 4 is 35.3 Å². The van der Waals surface area contributed by atoms with Gasteiger partial charge in [0.05, 0.1) is 42.1 Å². The third-order valence-electron chi connectivity index (χ3n) is 11.0. The van der Waals surface area contributed by atoms with Crippen LogP contribution in [0.1, 0.15) is 81.7 Å². The van der Waals surface area contributed by atoms with Crippen molar-refractivity contribution in [2.24, 2.45) is 5.92 Å². The number of aromatic nitrogens is 6. The minimum absolute atomic E-state index is 0.121. The van der Waals surface area contributed by atoms with Crippen molar-refractivity contribution in [1.29, 1.82) is 0 Å². The lowest BCUT2D eigenvalue weighted by atomic mass is 9.97. The molecule has 3 fully saturated rings. The highest BCUT2D eigenvalue weighted by molar-refractivity contribution is 6.32. The monoisotopic (exact) mass is 835 g/mol. The molecule has 3 saturated heterocycles. The minimum Gasteiger partial charge on any atom is -0.466 e. The molecule has 1 aromatic carbocycles. The molecule has 6 heterocycles. The molecule has 3 aliphatic heterocycles. The van der Waals surface area contributed by atoms with E-state index in [-0.39, 0.29) is 59.8 Å². The second-order valence-electron chi connectivity index (χ2n) is 14.8. The van der Waals surface area contributed by atoms with E-state index in [1.807, 2.05) is 22.9 Å². The maximum absolute atomic E-state index is 14.0. The summed E-state index contributed by atoms with van der Waals surface area (Å²) >= 11 is 6.75. The highest BCUT2D eigenvalue weighted by Gasteiger charge is 2.40. The molecule has 0 radical (unpaired) electrons. The fourth-order valence-electron chi connectivity index (χ4n) is 7.91. The van der Waals surface area contributed by atoms with E-state index in [1.54, 1.807) is 35.1 Å². The number of hydrogen-bond acceptors (Lipinski definition) is 11. The van der Waals surface area contributed by atoms with Gasteiger partial charge >= 0.3 is 18.3 Å². The number of ether oxygens (including phenoxy) is 2. The first-order chi connectivity index (χ1) is 27.7. The van der Waals surface area contributed by atoms with Crippen molar-refractivity contribution in [3.05, 3.63) is 70.9 Å². The fourth-order valence-corrected chi connectivity index (χ4v) is 8.11. The van der Waals surface area contributed by atoms with Crippen molar-refractivity contribution in [2.75, 3.05) is 47.5 Å². The number of nitrogens with zero attached hydrogens (tertiary/aromatic N) is 9. The first kappa shape index (κ1) is 41.4. The smallest absolute Gasteiger partial charge is 0.416 e. The lowest BCUT2D eigenvalue weighted by molar-refractivity contribution is -0.148. The molecule has 312 valence electrons. The summed E-state index contributed by atoms with van der Waals surface area (Å²) < 4.78 is 96.6. The van der Waals surface area contributed by atoms with Crippen molar-refractivity contribution < 1.29 is 40.6 Å². The molecule has 3 atom stereocenters. The van der Waals surface area contributed by atoms with Gasteiger partial charge in [0.2, 0.25) is 11.9 Å². The number of carbonyl (C=O) groups excluding carboxylic acids is 1. The minimum atomic E-state index is -5.01. The number of rotatable bonds is 11. The maximum Gasteiger partial charge on any atom is 0.416 e. The number of hydrogen-bond donors (Lipinski definition) is 0. The molecular weight excluding hydrogens is 792 g/mol. The molecule has 0 N–H and O–H groups in total. The van der Waals surface area contributed by atoms with Gasteiger partial charge in [-0.25, -0.2) is 19.6 Å². The summed E-state index contributed by atoms with van der Waals surface area (Å²) in [6.07, 6.45) is 2.96. The van der Waals surface area contributed by atoms with Crippen molar-refractivity contribution in [1.82, 2.24) is 29.7 Å². The predicted molar refractivity (Wildman–Crippen MR) is 203 cm³/mol. The molecule has 7 rings (SSSR count). The third-order valence-corrected chi connectivity index (χ3v) is 11.2. The first-order valence-corrected chi connectivity index (χ1v) is 19.8. The zero-order chi connectivity index (χ0) is 41.2. The van der Waals surface area contributed by atoms with Crippen LogP contribution in [0.2, 0.25) is 5.02 Å². The third kappa shape index (κ3) is 9.27. The summed E-state index contributed by atoms with van der Waals surface area (Å²) in [6.45, 7) is 5.65. The van der Waals surface area contributed by atoms with Crippen LogP contribution in [0.4, 0.5) is 44.1 Å². The van der Waals surface area contributed by atoms with Crippen LogP contribution in [0, 0.1) is 5.92 Å². The Morgan fingerprint density at radius 3 is 2.26 bits per heavy atom. The summed E-state index contributed by atoms with van der Waals surface area (Å²) in [6, 6.07) is 0.945. The Labute approximate surface area is 336 Å². The Morgan fingerprint density at radius 2 is 1.64 bits per heavy atom. The van der Waals surface area contributed by atoms with E-state index in [0.717, 1.165) is 37.0 Å². The Balaban J connectivity index is 1.19. The molecule has 0 aliphatic carbocycles. The second-order valence-corrected chi connectivity index (χ2v) is 15.2. The van der Waals surface area contributed by atoms with Crippen molar-refractivity contribution in [3.63, 3.8) is 0 Å². The summed E-state index contributed by atoms with van der Waals surface area (Å²) in [5.41, 5.74) is -1.67. The van der Waals surface area contributed by atoms with Gasteiger partial charge in [0, 0.05) is 68.5 Å². The summed E-state index contributed by atoms with van der Waals surface area (Å²) in [5, 5.41) is 4.74. The normalized spacial score (nSPS) is 20.7. The van der Waals surface area contributed by atoms with Crippen LogP contribution in [0.5, 0.6) is 0 Å². The van der Waals surface area contributed by atoms with Crippen molar-refractivity contribution in [3.8, 4) is 11.1 Å². The number of halogens is 7. The number of alkyl halides is 6. The molecule has 4 aromatic rings. The van der Waals surface area contributed by atoms with Crippen molar-refractivity contribution in [2.45, 2.75) is 96.0 Å². The van der Waals surface area contributed by atoms with Crippen LogP contribution >= 0.6 is 11.6 Å². The molecule has 0 saturated carbocycles. The maximum atomic E-state index is 14.0. The van der Waals surface area contributed by atoms with Gasteiger partial charge in [-0.05, 0) is 75.6 Å². The van der Waals surface area contributed by atoms with Gasteiger partial charge in [0.25, 0.3) is 0 Å². The van der Waals surface area contributed by atoms with E-state index < -0.39 is 29.5 Å². The fraction of sp³-hybridized carbons (Fsp3) is 0.538. The molecule has 0 amide bonds. The Kier molecular flexibility index (Phi) is 12.3. The van der Waals surface area contributed by atoms with E-state index in [1.165, 1.54) is 6.20 Å². The van der Waals surface area contributed by atoms with Crippen LogP contribution in [-0.2, 0) is 33.2 Å². The lowest BCUT2D eigenvalue weighted by Crippen LogP contribution is -2.39. The van der Waals surface area contributed by atoms with E-state index in [4.69, 9.17) is 26.1 Å². The van der Waals surface area contributed by atoms with Gasteiger partial charge in [0.1, 0.15) is 11.3 Å². The molecule has 3 unspecified atom stereocenters. The van der Waals surface area contributed by atoms with Crippen LogP contribution in [0.3, 0.4) is 0 Å². The topological polar surface area (TPSA) is 115 Å². The van der Waals surface area contributed by atoms with E-state index >= 15 is 0 Å². The quantitative estimate of drug-likeness (QED) is 0.107. The molecule has 0 bridgehead atoms. The van der Waals surface area contributed by atoms with Crippen LogP contribution < -0.4 is 14.7 Å². The van der Waals surface area contributed by atoms with Gasteiger partial charge < -0.3 is 24.2 Å². The molecular formula is C39H44ClF6N9O3. The van der Waals surface area contributed by atoms with Gasteiger partial charge in [-0.15, -0.1) is 0 Å². The largest absolute Gasteiger partial charge is 0.466 e. The zero-order valence-corrected chi connectivity index (χ0v) is 32.8. The van der Waals surface area contributed by atoms with E-state index in [0.29, 0.717) is 69.3 Å².